The fraction of sp³-hybridized carbons (Fsp3) is 1.00. The number of rotatable bonds is 1. The van der Waals surface area contributed by atoms with Gasteiger partial charge < -0.3 is 0 Å². The average Bonchev–Trinajstić information content (AvgIpc) is 1.67. The van der Waals surface area contributed by atoms with Crippen LogP contribution in [0.1, 0.15) is 62.3 Å². The van der Waals surface area contributed by atoms with E-state index in [9.17, 15) is 13.0 Å². The summed E-state index contributed by atoms with van der Waals surface area (Å²) in [5, 5.41) is -1.38. The smallest absolute Gasteiger partial charge is 0.257 e. The molecule has 0 unspecified atom stereocenters. The summed E-state index contributed by atoms with van der Waals surface area (Å²) in [6.45, 7) is 14.6. The molecule has 0 saturated heterocycles. The van der Waals surface area contributed by atoms with E-state index >= 15 is 0 Å². The van der Waals surface area contributed by atoms with Gasteiger partial charge in [-0.15, -0.1) is 0 Å². The Hall–Kier alpha value is 0.340. The van der Waals surface area contributed by atoms with Gasteiger partial charge >= 0.3 is 9.74 Å². The molecule has 0 atom stereocenters. The van der Waals surface area contributed by atoms with Crippen LogP contribution in [0.15, 0.2) is 0 Å². The molecule has 0 saturated carbocycles. The van der Waals surface area contributed by atoms with Crippen molar-refractivity contribution in [2.45, 2.75) is 77.8 Å². The fourth-order valence-electron chi connectivity index (χ4n) is 4.06. The lowest BCUT2D eigenvalue weighted by Gasteiger charge is -2.50. The van der Waals surface area contributed by atoms with Crippen LogP contribution in [0.5, 0.6) is 0 Å². The highest BCUT2D eigenvalue weighted by Gasteiger charge is 2.73. The van der Waals surface area contributed by atoms with Gasteiger partial charge in [0.25, 0.3) is 0 Å². The van der Waals surface area contributed by atoms with E-state index in [1.165, 1.54) is 0 Å². The largest absolute Gasteiger partial charge is 0.382 e. The minimum absolute atomic E-state index is 0.461. The lowest BCUT2D eigenvalue weighted by Crippen LogP contribution is -2.47. The van der Waals surface area contributed by atoms with Gasteiger partial charge in [0.05, 0.1) is 15.5 Å². The SMILES string of the molecule is CC(C)(C)[P+](C(C)(C)C)(C(C)(C)C)S(=O)(=O)O. The third-order valence-corrected chi connectivity index (χ3v) is 16.5. The molecule has 1 N–H and O–H groups in total. The van der Waals surface area contributed by atoms with E-state index in [4.69, 9.17) is 0 Å². The molecule has 0 rings (SSSR count). The first-order valence-electron chi connectivity index (χ1n) is 5.87. The molecule has 0 spiro atoms. The van der Waals surface area contributed by atoms with Gasteiger partial charge in [0, 0.05) is 0 Å². The van der Waals surface area contributed by atoms with Crippen molar-refractivity contribution in [2.24, 2.45) is 0 Å². The summed E-state index contributed by atoms with van der Waals surface area (Å²) in [6.07, 6.45) is 0. The predicted molar refractivity (Wildman–Crippen MR) is 77.7 cm³/mol. The van der Waals surface area contributed by atoms with Crippen molar-refractivity contribution in [1.29, 1.82) is 0 Å². The van der Waals surface area contributed by atoms with E-state index in [-0.39, 0.29) is 0 Å². The van der Waals surface area contributed by atoms with Crippen LogP contribution in [0.4, 0.5) is 0 Å². The van der Waals surface area contributed by atoms with Crippen molar-refractivity contribution in [1.82, 2.24) is 0 Å². The maximum absolute atomic E-state index is 12.2. The Morgan fingerprint density at radius 3 is 0.882 bits per heavy atom. The van der Waals surface area contributed by atoms with Crippen LogP contribution in [0.2, 0.25) is 0 Å². The molecular formula is C12H28O3PS+. The van der Waals surface area contributed by atoms with Crippen LogP contribution in [-0.4, -0.2) is 28.4 Å². The second kappa shape index (κ2) is 4.18. The maximum Gasteiger partial charge on any atom is 0.382 e. The topological polar surface area (TPSA) is 54.4 Å². The Bertz CT molecular complexity index is 341. The number of hydrogen-bond acceptors (Lipinski definition) is 2. The monoisotopic (exact) mass is 283 g/mol. The minimum atomic E-state index is -4.09. The first kappa shape index (κ1) is 17.3. The molecule has 0 aliphatic carbocycles. The van der Waals surface area contributed by atoms with Gasteiger partial charge in [-0.2, -0.15) is 8.42 Å². The summed E-state index contributed by atoms with van der Waals surface area (Å²) >= 11 is 0. The molecule has 0 aromatic heterocycles. The molecule has 0 aromatic rings. The molecule has 0 aromatic carbocycles. The highest BCUT2D eigenvalue weighted by atomic mass is 32.8. The van der Waals surface area contributed by atoms with Crippen LogP contribution in [0.3, 0.4) is 0 Å². The van der Waals surface area contributed by atoms with Gasteiger partial charge in [0.15, 0.2) is 6.46 Å². The van der Waals surface area contributed by atoms with Crippen LogP contribution in [0.25, 0.3) is 0 Å². The van der Waals surface area contributed by atoms with E-state index in [0.717, 1.165) is 0 Å². The third kappa shape index (κ3) is 2.54. The summed E-state index contributed by atoms with van der Waals surface area (Å²) in [5.74, 6) is 0. The van der Waals surface area contributed by atoms with Gasteiger partial charge in [0.2, 0.25) is 0 Å². The zero-order valence-corrected chi connectivity index (χ0v) is 14.3. The Balaban J connectivity index is 6.60. The van der Waals surface area contributed by atoms with Gasteiger partial charge in [-0.1, -0.05) is 0 Å². The summed E-state index contributed by atoms with van der Waals surface area (Å²) < 4.78 is 34.4. The van der Waals surface area contributed by atoms with Crippen molar-refractivity contribution in [3.05, 3.63) is 0 Å². The molecule has 0 heterocycles. The zero-order chi connectivity index (χ0) is 14.5. The van der Waals surface area contributed by atoms with E-state index in [2.05, 4.69) is 0 Å². The zero-order valence-electron chi connectivity index (χ0n) is 12.6. The molecule has 3 nitrogen and oxygen atoms in total. The molecular weight excluding hydrogens is 255 g/mol. The minimum Gasteiger partial charge on any atom is -0.257 e. The van der Waals surface area contributed by atoms with Crippen molar-refractivity contribution < 1.29 is 13.0 Å². The van der Waals surface area contributed by atoms with Crippen LogP contribution >= 0.6 is 6.46 Å². The van der Waals surface area contributed by atoms with Gasteiger partial charge in [0.1, 0.15) is 0 Å². The Morgan fingerprint density at radius 2 is 0.882 bits per heavy atom. The third-order valence-electron chi connectivity index (χ3n) is 3.18. The van der Waals surface area contributed by atoms with Crippen molar-refractivity contribution >= 4 is 16.2 Å². The molecule has 0 bridgehead atoms. The van der Waals surface area contributed by atoms with Crippen molar-refractivity contribution in [2.75, 3.05) is 0 Å². The molecule has 0 radical (unpaired) electrons. The highest BCUT2D eigenvalue weighted by molar-refractivity contribution is 8.56. The summed E-state index contributed by atoms with van der Waals surface area (Å²) in [4.78, 5) is 0. The molecule has 104 valence electrons. The Labute approximate surface area is 107 Å². The molecule has 0 amide bonds. The Kier molecular flexibility index (Phi) is 4.26. The molecule has 17 heavy (non-hydrogen) atoms. The number of hydrogen-bond donors (Lipinski definition) is 1. The molecule has 0 aliphatic rings. The molecule has 0 aliphatic heterocycles. The van der Waals surface area contributed by atoms with E-state index in [1.54, 1.807) is 0 Å². The van der Waals surface area contributed by atoms with E-state index < -0.39 is 31.7 Å². The maximum atomic E-state index is 12.2. The van der Waals surface area contributed by atoms with Crippen molar-refractivity contribution in [3.63, 3.8) is 0 Å². The summed E-state index contributed by atoms with van der Waals surface area (Å²) in [6, 6.07) is 0. The average molecular weight is 283 g/mol. The van der Waals surface area contributed by atoms with Crippen LogP contribution in [-0.2, 0) is 9.74 Å². The van der Waals surface area contributed by atoms with Gasteiger partial charge in [-0.25, -0.2) is 0 Å². The second-order valence-electron chi connectivity index (χ2n) is 7.57. The lowest BCUT2D eigenvalue weighted by atomic mass is 10.2. The molecule has 0 fully saturated rings. The quantitative estimate of drug-likeness (QED) is 0.579. The summed E-state index contributed by atoms with van der Waals surface area (Å²) in [7, 11) is -4.09. The van der Waals surface area contributed by atoms with E-state index in [1.807, 2.05) is 62.3 Å². The van der Waals surface area contributed by atoms with Gasteiger partial charge in [-0.05, 0) is 62.3 Å². The normalized spacial score (nSPS) is 16.1. The van der Waals surface area contributed by atoms with Crippen molar-refractivity contribution in [3.8, 4) is 0 Å². The van der Waals surface area contributed by atoms with Crippen LogP contribution < -0.4 is 0 Å². The first-order valence-corrected chi connectivity index (χ1v) is 9.70. The highest BCUT2D eigenvalue weighted by Crippen LogP contribution is 2.86. The fourth-order valence-corrected chi connectivity index (χ4v) is 18.4. The standard InChI is InChI=1S/C12H27O3PS/c1-10(2,3)16(11(4,5)6,12(7,8)9)17(13,14)15/h1-9H3/p+1. The van der Waals surface area contributed by atoms with E-state index in [0.29, 0.717) is 0 Å². The molecule has 5 heteroatoms. The lowest BCUT2D eigenvalue weighted by molar-refractivity contribution is 0.492. The first-order chi connectivity index (χ1) is 7.00. The van der Waals surface area contributed by atoms with Gasteiger partial charge in [-0.3, -0.25) is 4.55 Å². The second-order valence-corrected chi connectivity index (χ2v) is 16.7. The predicted octanol–water partition coefficient (Wildman–Crippen LogP) is 4.20. The van der Waals surface area contributed by atoms with Crippen LogP contribution in [0, 0.1) is 0 Å². The Morgan fingerprint density at radius 1 is 0.706 bits per heavy atom. The summed E-state index contributed by atoms with van der Waals surface area (Å²) in [5.41, 5.74) is 0.